The predicted molar refractivity (Wildman–Crippen MR) is 74.6 cm³/mol. The molecule has 0 aromatic heterocycles. The van der Waals surface area contributed by atoms with Crippen LogP contribution in [0.25, 0.3) is 0 Å². The molecule has 0 aliphatic heterocycles. The highest BCUT2D eigenvalue weighted by atomic mass is 16.4. The van der Waals surface area contributed by atoms with E-state index in [1.165, 1.54) is 5.56 Å². The highest BCUT2D eigenvalue weighted by Gasteiger charge is 2.18. The van der Waals surface area contributed by atoms with Crippen molar-refractivity contribution in [2.24, 2.45) is 0 Å². The van der Waals surface area contributed by atoms with Crippen LogP contribution in [-0.2, 0) is 10.2 Å². The average Bonchev–Trinajstić information content (AvgIpc) is 2.34. The molecule has 0 aliphatic rings. The zero-order valence-corrected chi connectivity index (χ0v) is 11.0. The molecule has 0 saturated heterocycles. The molecule has 0 atom stereocenters. The first kappa shape index (κ1) is 14.2. The van der Waals surface area contributed by atoms with Gasteiger partial charge in [-0.2, -0.15) is 0 Å². The quantitative estimate of drug-likeness (QED) is 0.608. The smallest absolute Gasteiger partial charge is 0.328 e. The van der Waals surface area contributed by atoms with E-state index in [1.54, 1.807) is 12.2 Å². The van der Waals surface area contributed by atoms with E-state index in [-0.39, 0.29) is 5.41 Å². The van der Waals surface area contributed by atoms with Crippen LogP contribution in [0.4, 0.5) is 0 Å². The maximum Gasteiger partial charge on any atom is 0.328 e. The fraction of sp³-hybridized carbons (Fsp3) is 0.312. The molecule has 1 N–H and O–H groups in total. The minimum atomic E-state index is -0.913. The second-order valence-corrected chi connectivity index (χ2v) is 4.91. The van der Waals surface area contributed by atoms with E-state index in [0.29, 0.717) is 0 Å². The molecule has 1 rings (SSSR count). The van der Waals surface area contributed by atoms with E-state index < -0.39 is 5.97 Å². The van der Waals surface area contributed by atoms with Crippen molar-refractivity contribution < 1.29 is 9.90 Å². The Labute approximate surface area is 109 Å². The summed E-state index contributed by atoms with van der Waals surface area (Å²) in [5.41, 5.74) is 1.47. The van der Waals surface area contributed by atoms with E-state index >= 15 is 0 Å². The second kappa shape index (κ2) is 6.80. The van der Waals surface area contributed by atoms with Crippen LogP contribution in [0.15, 0.2) is 54.6 Å². The molecule has 18 heavy (non-hydrogen) atoms. The molecule has 0 amide bonds. The molecule has 0 saturated carbocycles. The van der Waals surface area contributed by atoms with Crippen LogP contribution in [0.2, 0.25) is 0 Å². The molecule has 1 aromatic rings. The Bertz CT molecular complexity index is 428. The average molecular weight is 244 g/mol. The molecule has 0 aliphatic carbocycles. The third-order valence-corrected chi connectivity index (χ3v) is 2.98. The lowest BCUT2D eigenvalue weighted by molar-refractivity contribution is -0.131. The monoisotopic (exact) mass is 244 g/mol. The zero-order valence-electron chi connectivity index (χ0n) is 11.0. The van der Waals surface area contributed by atoms with Crippen molar-refractivity contribution in [2.75, 3.05) is 0 Å². The predicted octanol–water partition coefficient (Wildman–Crippen LogP) is 3.94. The van der Waals surface area contributed by atoms with Gasteiger partial charge in [0, 0.05) is 6.08 Å². The number of carboxylic acids is 1. The van der Waals surface area contributed by atoms with Gasteiger partial charge in [0.25, 0.3) is 0 Å². The third kappa shape index (κ3) is 5.00. The van der Waals surface area contributed by atoms with Crippen molar-refractivity contribution in [3.8, 4) is 0 Å². The summed E-state index contributed by atoms with van der Waals surface area (Å²) in [7, 11) is 0. The Kier molecular flexibility index (Phi) is 5.37. The number of hydrogen-bond donors (Lipinski definition) is 1. The Morgan fingerprint density at radius 3 is 2.50 bits per heavy atom. The fourth-order valence-electron chi connectivity index (χ4n) is 1.79. The number of carboxylic acid groups (broad SMARTS) is 1. The van der Waals surface area contributed by atoms with Gasteiger partial charge >= 0.3 is 5.97 Å². The van der Waals surface area contributed by atoms with E-state index in [4.69, 9.17) is 5.11 Å². The van der Waals surface area contributed by atoms with Gasteiger partial charge in [-0.05, 0) is 23.8 Å². The maximum atomic E-state index is 10.3. The first-order chi connectivity index (χ1) is 8.52. The van der Waals surface area contributed by atoms with Crippen LogP contribution < -0.4 is 0 Å². The van der Waals surface area contributed by atoms with Crippen LogP contribution in [0.1, 0.15) is 32.3 Å². The lowest BCUT2D eigenvalue weighted by atomic mass is 9.80. The molecule has 0 fully saturated rings. The van der Waals surface area contributed by atoms with Crippen molar-refractivity contribution >= 4 is 5.97 Å². The minimum absolute atomic E-state index is 0.141. The molecule has 0 bridgehead atoms. The molecule has 2 nitrogen and oxygen atoms in total. The van der Waals surface area contributed by atoms with Crippen molar-refractivity contribution in [3.63, 3.8) is 0 Å². The van der Waals surface area contributed by atoms with Crippen molar-refractivity contribution in [1.29, 1.82) is 0 Å². The Hall–Kier alpha value is -1.83. The number of rotatable bonds is 6. The van der Waals surface area contributed by atoms with Crippen LogP contribution in [0.3, 0.4) is 0 Å². The van der Waals surface area contributed by atoms with Crippen LogP contribution in [0.5, 0.6) is 0 Å². The minimum Gasteiger partial charge on any atom is -0.478 e. The van der Waals surface area contributed by atoms with Gasteiger partial charge in [-0.3, -0.25) is 0 Å². The maximum absolute atomic E-state index is 10.3. The van der Waals surface area contributed by atoms with Crippen molar-refractivity contribution in [1.82, 2.24) is 0 Å². The number of hydrogen-bond acceptors (Lipinski definition) is 1. The highest BCUT2D eigenvalue weighted by molar-refractivity contribution is 5.80. The number of benzene rings is 1. The van der Waals surface area contributed by atoms with E-state index in [2.05, 4.69) is 38.1 Å². The second-order valence-electron chi connectivity index (χ2n) is 4.91. The summed E-state index contributed by atoms with van der Waals surface area (Å²) in [5, 5.41) is 8.43. The van der Waals surface area contributed by atoms with Gasteiger partial charge in [-0.25, -0.2) is 4.79 Å². The molecule has 0 unspecified atom stereocenters. The topological polar surface area (TPSA) is 37.3 Å². The van der Waals surface area contributed by atoms with Gasteiger partial charge in [-0.15, -0.1) is 0 Å². The Balaban J connectivity index is 2.46. The zero-order chi connectivity index (χ0) is 13.4. The largest absolute Gasteiger partial charge is 0.478 e. The first-order valence-electron chi connectivity index (χ1n) is 6.14. The standard InChI is InChI=1S/C16H20O2/c1-16(2,14-10-6-5-7-11-14)13-9-4-3-8-12-15(17)18/h3-8,10-12H,9,13H2,1-2H3,(H,17,18)/b4-3+,12-8+. The fourth-order valence-corrected chi connectivity index (χ4v) is 1.79. The summed E-state index contributed by atoms with van der Waals surface area (Å²) < 4.78 is 0. The van der Waals surface area contributed by atoms with Crippen molar-refractivity contribution in [3.05, 3.63) is 60.2 Å². The summed E-state index contributed by atoms with van der Waals surface area (Å²) >= 11 is 0. The van der Waals surface area contributed by atoms with Crippen LogP contribution in [0, 0.1) is 0 Å². The van der Waals surface area contributed by atoms with Gasteiger partial charge in [0.2, 0.25) is 0 Å². The molecular formula is C16H20O2. The number of aliphatic carboxylic acids is 1. The van der Waals surface area contributed by atoms with E-state index in [1.807, 2.05) is 12.1 Å². The van der Waals surface area contributed by atoms with Gasteiger partial charge in [-0.1, -0.05) is 62.4 Å². The van der Waals surface area contributed by atoms with Crippen LogP contribution >= 0.6 is 0 Å². The molecule has 96 valence electrons. The van der Waals surface area contributed by atoms with E-state index in [0.717, 1.165) is 18.9 Å². The molecule has 0 radical (unpaired) electrons. The molecule has 0 spiro atoms. The molecule has 2 heteroatoms. The lowest BCUT2D eigenvalue weighted by Gasteiger charge is -2.24. The molecular weight excluding hydrogens is 224 g/mol. The van der Waals surface area contributed by atoms with Crippen molar-refractivity contribution in [2.45, 2.75) is 32.1 Å². The highest BCUT2D eigenvalue weighted by Crippen LogP contribution is 2.28. The summed E-state index contributed by atoms with van der Waals surface area (Å²) in [4.78, 5) is 10.3. The molecule has 0 heterocycles. The Morgan fingerprint density at radius 2 is 1.89 bits per heavy atom. The number of carbonyl (C=O) groups is 1. The van der Waals surface area contributed by atoms with Gasteiger partial charge in [0.05, 0.1) is 0 Å². The van der Waals surface area contributed by atoms with Gasteiger partial charge in [0.1, 0.15) is 0 Å². The summed E-state index contributed by atoms with van der Waals surface area (Å²) in [6.45, 7) is 4.45. The van der Waals surface area contributed by atoms with E-state index in [9.17, 15) is 4.79 Å². The van der Waals surface area contributed by atoms with Gasteiger partial charge < -0.3 is 5.11 Å². The summed E-state index contributed by atoms with van der Waals surface area (Å²) in [6, 6.07) is 10.4. The van der Waals surface area contributed by atoms with Crippen LogP contribution in [-0.4, -0.2) is 11.1 Å². The lowest BCUT2D eigenvalue weighted by Crippen LogP contribution is -2.16. The SMILES string of the molecule is CC(C)(CC/C=C/C=C/C(=O)O)c1ccccc1. The normalized spacial score (nSPS) is 12.3. The Morgan fingerprint density at radius 1 is 1.22 bits per heavy atom. The third-order valence-electron chi connectivity index (χ3n) is 2.98. The van der Waals surface area contributed by atoms with Gasteiger partial charge in [0.15, 0.2) is 0 Å². The number of allylic oxidation sites excluding steroid dienone is 3. The summed E-state index contributed by atoms with van der Waals surface area (Å²) in [5.74, 6) is -0.913. The summed E-state index contributed by atoms with van der Waals surface area (Å²) in [6.07, 6.45) is 8.45. The first-order valence-corrected chi connectivity index (χ1v) is 6.14. The molecule has 1 aromatic carbocycles.